The van der Waals surface area contributed by atoms with Gasteiger partial charge < -0.3 is 16.0 Å². The first-order valence-corrected chi connectivity index (χ1v) is 11.3. The molecule has 0 atom stereocenters. The molecule has 2 aromatic carbocycles. The van der Waals surface area contributed by atoms with E-state index in [1.165, 1.54) is 17.8 Å². The smallest absolute Gasteiger partial charge is 0.244 e. The molecule has 0 radical (unpaired) electrons. The molecule has 1 heterocycles. The molecule has 2 aromatic rings. The number of carbonyl (C=O) groups excluding carboxylic acids is 2. The molecule has 158 valence electrons. The molecule has 0 bridgehead atoms. The third-order valence-electron chi connectivity index (χ3n) is 4.65. The second-order valence-corrected chi connectivity index (χ2v) is 8.86. The normalized spacial score (nSPS) is 13.9. The van der Waals surface area contributed by atoms with Crippen LogP contribution in [0.1, 0.15) is 24.8 Å². The van der Waals surface area contributed by atoms with Gasteiger partial charge in [0.1, 0.15) is 0 Å². The van der Waals surface area contributed by atoms with Gasteiger partial charge >= 0.3 is 0 Å². The quantitative estimate of drug-likeness (QED) is 0.332. The number of nitrogens with one attached hydrogen (secondary N) is 1. The zero-order chi connectivity index (χ0) is 21.5. The average Bonchev–Trinajstić information content (AvgIpc) is 3.12. The Labute approximate surface area is 190 Å². The predicted octanol–water partition coefficient (Wildman–Crippen LogP) is 4.87. The molecule has 3 N–H and O–H groups in total. The number of nitrogens with two attached hydrogens (primary N) is 1. The van der Waals surface area contributed by atoms with Crippen LogP contribution < -0.4 is 11.1 Å². The molecule has 5 nitrogen and oxygen atoms in total. The van der Waals surface area contributed by atoms with Crippen LogP contribution in [0.2, 0.25) is 10.0 Å². The molecule has 0 aliphatic carbocycles. The van der Waals surface area contributed by atoms with Crippen molar-refractivity contribution in [1.82, 2.24) is 10.2 Å². The number of hydrogen-bond acceptors (Lipinski definition) is 4. The van der Waals surface area contributed by atoms with Crippen molar-refractivity contribution in [2.24, 2.45) is 0 Å². The van der Waals surface area contributed by atoms with Crippen LogP contribution in [-0.4, -0.2) is 36.3 Å². The number of rotatable bonds is 8. The highest BCUT2D eigenvalue weighted by Crippen LogP contribution is 2.37. The molecule has 0 aromatic heterocycles. The molecule has 0 spiro atoms. The van der Waals surface area contributed by atoms with E-state index in [-0.39, 0.29) is 11.8 Å². The molecule has 8 heteroatoms. The van der Waals surface area contributed by atoms with Gasteiger partial charge in [-0.05, 0) is 54.8 Å². The number of hydrogen-bond donors (Lipinski definition) is 2. The van der Waals surface area contributed by atoms with Crippen LogP contribution >= 0.6 is 35.0 Å². The van der Waals surface area contributed by atoms with Crippen molar-refractivity contribution in [3.8, 4) is 0 Å². The lowest BCUT2D eigenvalue weighted by Gasteiger charge is -2.14. The summed E-state index contributed by atoms with van der Waals surface area (Å²) in [4.78, 5) is 27.1. The number of halogens is 2. The molecule has 2 amide bonds. The van der Waals surface area contributed by atoms with E-state index in [2.05, 4.69) is 5.32 Å². The molecule has 0 unspecified atom stereocenters. The minimum Gasteiger partial charge on any atom is -0.398 e. The van der Waals surface area contributed by atoms with E-state index >= 15 is 0 Å². The SMILES string of the molecule is Nc1cc(/C=C/C(=O)NCCCN2CCCC2=O)ccc1Sc1ccc(Cl)cc1Cl. The van der Waals surface area contributed by atoms with Gasteiger partial charge in [-0.1, -0.05) is 41.0 Å². The minimum atomic E-state index is -0.173. The van der Waals surface area contributed by atoms with Crippen LogP contribution in [0.3, 0.4) is 0 Å². The van der Waals surface area contributed by atoms with Crippen molar-refractivity contribution >= 4 is 58.5 Å². The summed E-state index contributed by atoms with van der Waals surface area (Å²) in [6.45, 7) is 2.05. The van der Waals surface area contributed by atoms with E-state index < -0.39 is 0 Å². The number of anilines is 1. The molecule has 0 saturated carbocycles. The highest BCUT2D eigenvalue weighted by molar-refractivity contribution is 7.99. The minimum absolute atomic E-state index is 0.173. The van der Waals surface area contributed by atoms with Crippen molar-refractivity contribution in [2.45, 2.75) is 29.1 Å². The monoisotopic (exact) mass is 463 g/mol. The summed E-state index contributed by atoms with van der Waals surface area (Å²) in [5.41, 5.74) is 7.60. The largest absolute Gasteiger partial charge is 0.398 e. The van der Waals surface area contributed by atoms with E-state index in [4.69, 9.17) is 28.9 Å². The highest BCUT2D eigenvalue weighted by atomic mass is 35.5. The Morgan fingerprint density at radius 1 is 1.20 bits per heavy atom. The van der Waals surface area contributed by atoms with Gasteiger partial charge in [0.15, 0.2) is 0 Å². The molecule has 3 rings (SSSR count). The Morgan fingerprint density at radius 3 is 2.70 bits per heavy atom. The predicted molar refractivity (Wildman–Crippen MR) is 124 cm³/mol. The lowest BCUT2D eigenvalue weighted by molar-refractivity contribution is -0.127. The van der Waals surface area contributed by atoms with Crippen molar-refractivity contribution in [3.63, 3.8) is 0 Å². The topological polar surface area (TPSA) is 75.4 Å². The number of likely N-dealkylation sites (tertiary alicyclic amines) is 1. The Balaban J connectivity index is 1.48. The van der Waals surface area contributed by atoms with Crippen molar-refractivity contribution in [2.75, 3.05) is 25.4 Å². The average molecular weight is 464 g/mol. The van der Waals surface area contributed by atoms with Crippen molar-refractivity contribution in [3.05, 3.63) is 58.1 Å². The van der Waals surface area contributed by atoms with Crippen LogP contribution in [0.15, 0.2) is 52.3 Å². The van der Waals surface area contributed by atoms with E-state index in [1.54, 1.807) is 18.2 Å². The van der Waals surface area contributed by atoms with Gasteiger partial charge in [0.2, 0.25) is 11.8 Å². The zero-order valence-electron chi connectivity index (χ0n) is 16.4. The fourth-order valence-electron chi connectivity index (χ4n) is 3.09. The Hall–Kier alpha value is -2.15. The highest BCUT2D eigenvalue weighted by Gasteiger charge is 2.18. The third-order valence-corrected chi connectivity index (χ3v) is 6.48. The molecular weight excluding hydrogens is 441 g/mol. The summed E-state index contributed by atoms with van der Waals surface area (Å²) in [7, 11) is 0. The maximum atomic E-state index is 12.0. The van der Waals surface area contributed by atoms with Gasteiger partial charge in [-0.25, -0.2) is 0 Å². The van der Waals surface area contributed by atoms with Crippen LogP contribution in [0.5, 0.6) is 0 Å². The molecule has 1 saturated heterocycles. The number of carbonyl (C=O) groups is 2. The van der Waals surface area contributed by atoms with Crippen molar-refractivity contribution in [1.29, 1.82) is 0 Å². The third kappa shape index (κ3) is 6.42. The standard InChI is InChI=1S/C22H23Cl2N3O2S/c23-16-6-8-19(17(24)14-16)30-20-7-4-15(13-18(20)25)5-9-21(28)26-10-2-12-27-11-1-3-22(27)29/h4-9,13-14H,1-3,10-12,25H2,(H,26,28)/b9-5+. The Bertz CT molecular complexity index is 965. The van der Waals surface area contributed by atoms with E-state index in [1.807, 2.05) is 29.2 Å². The van der Waals surface area contributed by atoms with Gasteiger partial charge in [0, 0.05) is 52.6 Å². The Morgan fingerprint density at radius 2 is 2.00 bits per heavy atom. The zero-order valence-corrected chi connectivity index (χ0v) is 18.7. The summed E-state index contributed by atoms with van der Waals surface area (Å²) in [5.74, 6) is 0.0338. The molecule has 1 aliphatic rings. The second-order valence-electron chi connectivity index (χ2n) is 6.94. The first kappa shape index (κ1) is 22.5. The molecule has 30 heavy (non-hydrogen) atoms. The van der Waals surface area contributed by atoms with E-state index in [0.29, 0.717) is 35.2 Å². The fourth-order valence-corrected chi connectivity index (χ4v) is 4.46. The summed E-state index contributed by atoms with van der Waals surface area (Å²) >= 11 is 13.6. The summed E-state index contributed by atoms with van der Waals surface area (Å²) < 4.78 is 0. The first-order valence-electron chi connectivity index (χ1n) is 9.68. The lowest BCUT2D eigenvalue weighted by Crippen LogP contribution is -2.29. The second kappa shape index (κ2) is 10.8. The van der Waals surface area contributed by atoms with Crippen LogP contribution in [-0.2, 0) is 9.59 Å². The summed E-state index contributed by atoms with van der Waals surface area (Å²) in [5, 5.41) is 3.99. The van der Waals surface area contributed by atoms with Gasteiger partial charge in [-0.2, -0.15) is 0 Å². The van der Waals surface area contributed by atoms with Gasteiger partial charge in [-0.3, -0.25) is 9.59 Å². The maximum Gasteiger partial charge on any atom is 0.244 e. The maximum absolute atomic E-state index is 12.0. The van der Waals surface area contributed by atoms with Crippen molar-refractivity contribution < 1.29 is 9.59 Å². The van der Waals surface area contributed by atoms with Crippen LogP contribution in [0.25, 0.3) is 6.08 Å². The molecule has 1 fully saturated rings. The van der Waals surface area contributed by atoms with Gasteiger partial charge in [0.05, 0.1) is 5.02 Å². The van der Waals surface area contributed by atoms with E-state index in [9.17, 15) is 9.59 Å². The van der Waals surface area contributed by atoms with Crippen LogP contribution in [0, 0.1) is 0 Å². The lowest BCUT2D eigenvalue weighted by atomic mass is 10.2. The first-order chi connectivity index (χ1) is 14.4. The molecular formula is C22H23Cl2N3O2S. The fraction of sp³-hybridized carbons (Fsp3) is 0.273. The van der Waals surface area contributed by atoms with Crippen LogP contribution in [0.4, 0.5) is 5.69 Å². The number of nitrogens with zero attached hydrogens (tertiary/aromatic N) is 1. The number of benzene rings is 2. The molecule has 1 aliphatic heterocycles. The van der Waals surface area contributed by atoms with Gasteiger partial charge in [0.25, 0.3) is 0 Å². The summed E-state index contributed by atoms with van der Waals surface area (Å²) in [6, 6.07) is 10.9. The van der Waals surface area contributed by atoms with E-state index in [0.717, 1.165) is 34.7 Å². The summed E-state index contributed by atoms with van der Waals surface area (Å²) in [6.07, 6.45) is 5.53. The van der Waals surface area contributed by atoms with Gasteiger partial charge in [-0.15, -0.1) is 0 Å². The number of amides is 2. The number of nitrogen functional groups attached to an aromatic ring is 1. The Kier molecular flexibility index (Phi) is 8.08.